The molecule has 0 bridgehead atoms. The number of hydrogen-bond acceptors (Lipinski definition) is 9. The van der Waals surface area contributed by atoms with Crippen LogP contribution in [0.5, 0.6) is 17.4 Å². The van der Waals surface area contributed by atoms with Crippen LogP contribution in [0.25, 0.3) is 11.0 Å². The summed E-state index contributed by atoms with van der Waals surface area (Å²) in [5, 5.41) is 6.33. The second-order valence-corrected chi connectivity index (χ2v) is 9.65. The smallest absolute Gasteiger partial charge is 0.263 e. The number of anilines is 1. The van der Waals surface area contributed by atoms with Crippen LogP contribution in [0.1, 0.15) is 30.0 Å². The van der Waals surface area contributed by atoms with Crippen molar-refractivity contribution in [2.45, 2.75) is 25.3 Å². The number of carbonyl (C=O) groups is 1. The summed E-state index contributed by atoms with van der Waals surface area (Å²) in [6, 6.07) is 7.61. The van der Waals surface area contributed by atoms with Crippen LogP contribution in [-0.2, 0) is 11.3 Å². The fourth-order valence-electron chi connectivity index (χ4n) is 5.39. The van der Waals surface area contributed by atoms with Gasteiger partial charge in [-0.1, -0.05) is 0 Å². The van der Waals surface area contributed by atoms with E-state index in [1.165, 1.54) is 12.8 Å². The molecule has 36 heavy (non-hydrogen) atoms. The molecule has 6 rings (SSSR count). The van der Waals surface area contributed by atoms with E-state index in [4.69, 9.17) is 19.2 Å². The van der Waals surface area contributed by atoms with Gasteiger partial charge in [-0.25, -0.2) is 9.97 Å². The van der Waals surface area contributed by atoms with Crippen LogP contribution in [0.3, 0.4) is 0 Å². The lowest BCUT2D eigenvalue weighted by atomic mass is 9.94. The van der Waals surface area contributed by atoms with Crippen LogP contribution in [-0.4, -0.2) is 72.3 Å². The molecule has 0 saturated carbocycles. The number of nitrogens with one attached hydrogen (secondary N) is 2. The summed E-state index contributed by atoms with van der Waals surface area (Å²) in [6.07, 6.45) is 4.20. The summed E-state index contributed by atoms with van der Waals surface area (Å²) in [4.78, 5) is 27.8. The highest BCUT2D eigenvalue weighted by Crippen LogP contribution is 2.39. The van der Waals surface area contributed by atoms with Gasteiger partial charge >= 0.3 is 0 Å². The lowest BCUT2D eigenvalue weighted by molar-refractivity contribution is -0.118. The Bertz CT molecular complexity index is 1280. The molecule has 0 spiro atoms. The first kappa shape index (κ1) is 22.9. The molecule has 1 amide bonds. The van der Waals surface area contributed by atoms with E-state index in [0.29, 0.717) is 36.5 Å². The van der Waals surface area contributed by atoms with E-state index in [-0.39, 0.29) is 18.4 Å². The second kappa shape index (κ2) is 9.87. The lowest BCUT2D eigenvalue weighted by Gasteiger charge is -2.34. The zero-order valence-electron chi connectivity index (χ0n) is 20.3. The van der Waals surface area contributed by atoms with E-state index in [2.05, 4.69) is 25.5 Å². The average Bonchev–Trinajstić information content (AvgIpc) is 3.31. The second-order valence-electron chi connectivity index (χ2n) is 9.65. The molecule has 2 N–H and O–H groups in total. The van der Waals surface area contributed by atoms with Crippen LogP contribution < -0.4 is 24.8 Å². The fourth-order valence-corrected chi connectivity index (χ4v) is 5.39. The molecule has 0 unspecified atom stereocenters. The SMILES string of the molecule is COc1ccc2ncc3c(c2n1)[C@@H](CN1CCC[C@@H](CNCc2ccc4c(n2)NC(=O)CO4)C1)CO3. The molecule has 3 aliphatic heterocycles. The summed E-state index contributed by atoms with van der Waals surface area (Å²) in [6.45, 7) is 5.33. The number of piperidine rings is 1. The number of fused-ring (bicyclic) bond motifs is 4. The first-order chi connectivity index (χ1) is 17.7. The fraction of sp³-hybridized carbons (Fsp3) is 0.462. The summed E-state index contributed by atoms with van der Waals surface area (Å²) in [5.41, 5.74) is 3.78. The zero-order valence-corrected chi connectivity index (χ0v) is 20.3. The van der Waals surface area contributed by atoms with Crippen molar-refractivity contribution in [1.82, 2.24) is 25.2 Å². The third-order valence-electron chi connectivity index (χ3n) is 7.10. The highest BCUT2D eigenvalue weighted by Gasteiger charge is 2.31. The number of aromatic nitrogens is 3. The lowest BCUT2D eigenvalue weighted by Crippen LogP contribution is -2.41. The molecule has 2 atom stereocenters. The molecular weight excluding hydrogens is 460 g/mol. The predicted molar refractivity (Wildman–Crippen MR) is 134 cm³/mol. The standard InChI is InChI=1S/C26H30N6O4/c1-34-23-7-5-19-25(31-23)24-17(14-35-21(24)11-28-19)13-32-8-2-3-16(12-32)9-27-10-18-4-6-20-26(29-18)30-22(33)15-36-20/h4-7,11,16-17,27H,2-3,8-10,12-15H2,1H3,(H,29,30,33)/t16-,17-/m0/s1. The van der Waals surface area contributed by atoms with Gasteiger partial charge in [-0.15, -0.1) is 0 Å². The van der Waals surface area contributed by atoms with Crippen molar-refractivity contribution in [3.05, 3.63) is 41.7 Å². The first-order valence-corrected chi connectivity index (χ1v) is 12.5. The van der Waals surface area contributed by atoms with Crippen molar-refractivity contribution in [3.63, 3.8) is 0 Å². The molecule has 3 aromatic rings. The number of rotatable bonds is 7. The number of amides is 1. The third-order valence-corrected chi connectivity index (χ3v) is 7.10. The maximum absolute atomic E-state index is 11.6. The minimum atomic E-state index is -0.170. The van der Waals surface area contributed by atoms with Crippen LogP contribution in [0.2, 0.25) is 0 Å². The van der Waals surface area contributed by atoms with E-state index in [1.54, 1.807) is 7.11 Å². The highest BCUT2D eigenvalue weighted by atomic mass is 16.5. The Labute approximate surface area is 209 Å². The van der Waals surface area contributed by atoms with Gasteiger partial charge in [0.25, 0.3) is 5.91 Å². The monoisotopic (exact) mass is 490 g/mol. The Hall–Kier alpha value is -3.50. The Kier molecular flexibility index (Phi) is 6.28. The highest BCUT2D eigenvalue weighted by molar-refractivity contribution is 5.94. The molecular formula is C26H30N6O4. The quantitative estimate of drug-likeness (QED) is 0.516. The van der Waals surface area contributed by atoms with E-state index in [0.717, 1.165) is 54.2 Å². The zero-order chi connectivity index (χ0) is 24.5. The van der Waals surface area contributed by atoms with Gasteiger partial charge in [-0.3, -0.25) is 9.78 Å². The number of carbonyl (C=O) groups excluding carboxylic acids is 1. The number of likely N-dealkylation sites (tertiary alicyclic amines) is 1. The summed E-state index contributed by atoms with van der Waals surface area (Å²) < 4.78 is 16.7. The Morgan fingerprint density at radius 3 is 3.06 bits per heavy atom. The average molecular weight is 491 g/mol. The van der Waals surface area contributed by atoms with Crippen molar-refractivity contribution in [2.75, 3.05) is 51.8 Å². The minimum Gasteiger partial charge on any atom is -0.491 e. The van der Waals surface area contributed by atoms with Gasteiger partial charge in [0, 0.05) is 37.2 Å². The topological polar surface area (TPSA) is 111 Å². The molecule has 1 saturated heterocycles. The van der Waals surface area contributed by atoms with Crippen molar-refractivity contribution in [1.29, 1.82) is 0 Å². The van der Waals surface area contributed by atoms with Crippen LogP contribution in [0, 0.1) is 5.92 Å². The largest absolute Gasteiger partial charge is 0.491 e. The number of pyridine rings is 3. The molecule has 6 heterocycles. The van der Waals surface area contributed by atoms with Gasteiger partial charge in [-0.05, 0) is 50.0 Å². The molecule has 0 aliphatic carbocycles. The van der Waals surface area contributed by atoms with Crippen LogP contribution in [0.4, 0.5) is 5.82 Å². The summed E-state index contributed by atoms with van der Waals surface area (Å²) in [7, 11) is 1.63. The van der Waals surface area contributed by atoms with E-state index < -0.39 is 0 Å². The number of nitrogens with zero attached hydrogens (tertiary/aromatic N) is 4. The predicted octanol–water partition coefficient (Wildman–Crippen LogP) is 2.34. The Morgan fingerprint density at radius 1 is 1.19 bits per heavy atom. The van der Waals surface area contributed by atoms with Crippen molar-refractivity contribution in [3.8, 4) is 17.4 Å². The number of ether oxygens (including phenoxy) is 3. The molecule has 10 nitrogen and oxygen atoms in total. The van der Waals surface area contributed by atoms with Gasteiger partial charge in [-0.2, -0.15) is 0 Å². The normalized spacial score (nSPS) is 21.3. The number of hydrogen-bond donors (Lipinski definition) is 2. The van der Waals surface area contributed by atoms with Gasteiger partial charge in [0.1, 0.15) is 11.3 Å². The van der Waals surface area contributed by atoms with Crippen LogP contribution >= 0.6 is 0 Å². The van der Waals surface area contributed by atoms with Crippen LogP contribution in [0.15, 0.2) is 30.5 Å². The maximum Gasteiger partial charge on any atom is 0.263 e. The number of methoxy groups -OCH3 is 1. The first-order valence-electron chi connectivity index (χ1n) is 12.5. The third kappa shape index (κ3) is 4.66. The summed E-state index contributed by atoms with van der Waals surface area (Å²) >= 11 is 0. The van der Waals surface area contributed by atoms with E-state index in [9.17, 15) is 4.79 Å². The van der Waals surface area contributed by atoms with Gasteiger partial charge in [0.2, 0.25) is 5.88 Å². The van der Waals surface area contributed by atoms with Gasteiger partial charge in [0.15, 0.2) is 18.2 Å². The van der Waals surface area contributed by atoms with Crippen molar-refractivity contribution < 1.29 is 19.0 Å². The molecule has 3 aliphatic rings. The summed E-state index contributed by atoms with van der Waals surface area (Å²) in [5.74, 6) is 3.21. The molecule has 188 valence electrons. The van der Waals surface area contributed by atoms with Gasteiger partial charge < -0.3 is 29.7 Å². The minimum absolute atomic E-state index is 0.0425. The van der Waals surface area contributed by atoms with Crippen molar-refractivity contribution in [2.24, 2.45) is 5.92 Å². The van der Waals surface area contributed by atoms with Crippen molar-refractivity contribution >= 4 is 22.8 Å². The van der Waals surface area contributed by atoms with Gasteiger partial charge in [0.05, 0.1) is 31.1 Å². The Balaban J connectivity index is 1.06. The molecule has 1 fully saturated rings. The molecule has 3 aromatic heterocycles. The maximum atomic E-state index is 11.6. The van der Waals surface area contributed by atoms with E-state index in [1.807, 2.05) is 30.5 Å². The Morgan fingerprint density at radius 2 is 2.14 bits per heavy atom. The molecule has 10 heteroatoms. The van der Waals surface area contributed by atoms with E-state index >= 15 is 0 Å². The molecule has 0 aromatic carbocycles. The molecule has 0 radical (unpaired) electrons.